The first kappa shape index (κ1) is 18.2. The van der Waals surface area contributed by atoms with Crippen molar-refractivity contribution in [3.8, 4) is 5.75 Å². The molecule has 1 fully saturated rings. The van der Waals surface area contributed by atoms with Crippen molar-refractivity contribution in [1.29, 1.82) is 0 Å². The number of anilines is 1. The zero-order chi connectivity index (χ0) is 19.5. The number of fused-ring (bicyclic) bond motifs is 1. The molecule has 0 spiro atoms. The summed E-state index contributed by atoms with van der Waals surface area (Å²) in [6.07, 6.45) is 3.65. The molecule has 28 heavy (non-hydrogen) atoms. The van der Waals surface area contributed by atoms with E-state index in [0.717, 1.165) is 46.5 Å². The van der Waals surface area contributed by atoms with Crippen molar-refractivity contribution in [2.24, 2.45) is 5.92 Å². The summed E-state index contributed by atoms with van der Waals surface area (Å²) in [4.78, 5) is 23.7. The number of rotatable bonds is 8. The van der Waals surface area contributed by atoms with Gasteiger partial charge < -0.3 is 10.1 Å². The molecule has 1 saturated carbocycles. The van der Waals surface area contributed by atoms with Gasteiger partial charge in [-0.05, 0) is 54.0 Å². The van der Waals surface area contributed by atoms with E-state index in [9.17, 15) is 9.59 Å². The first-order chi connectivity index (χ1) is 13.7. The number of benzene rings is 3. The van der Waals surface area contributed by atoms with Crippen LogP contribution in [0, 0.1) is 5.92 Å². The van der Waals surface area contributed by atoms with Gasteiger partial charge in [-0.25, -0.2) is 0 Å². The SMILES string of the molecule is COc1ccc2cc(C(=O)Cc3ccc(C=O)cc3)cc(NCC3CC3)c2c1. The van der Waals surface area contributed by atoms with Gasteiger partial charge in [0.25, 0.3) is 0 Å². The summed E-state index contributed by atoms with van der Waals surface area (Å²) in [5, 5.41) is 5.61. The maximum absolute atomic E-state index is 12.9. The summed E-state index contributed by atoms with van der Waals surface area (Å²) in [5.74, 6) is 1.60. The average Bonchev–Trinajstić information content (AvgIpc) is 3.56. The number of aldehydes is 1. The van der Waals surface area contributed by atoms with E-state index in [2.05, 4.69) is 5.32 Å². The standard InChI is InChI=1S/C24H23NO3/c1-28-21-9-8-19-11-20(12-23(22(19)13-21)25-14-17-4-5-17)24(27)10-16-2-6-18(15-26)7-3-16/h2-3,6-9,11-13,15,17,25H,4-5,10,14H2,1H3. The Kier molecular flexibility index (Phi) is 5.11. The van der Waals surface area contributed by atoms with Crippen LogP contribution in [0.2, 0.25) is 0 Å². The summed E-state index contributed by atoms with van der Waals surface area (Å²) < 4.78 is 5.37. The first-order valence-electron chi connectivity index (χ1n) is 9.59. The number of nitrogens with one attached hydrogen (secondary N) is 1. The molecule has 0 radical (unpaired) electrons. The molecule has 1 aliphatic rings. The van der Waals surface area contributed by atoms with Crippen molar-refractivity contribution in [1.82, 2.24) is 0 Å². The highest BCUT2D eigenvalue weighted by molar-refractivity contribution is 6.05. The minimum absolute atomic E-state index is 0.0612. The normalized spacial score (nSPS) is 13.3. The molecule has 4 heteroatoms. The number of ketones is 1. The number of hydrogen-bond acceptors (Lipinski definition) is 4. The summed E-state index contributed by atoms with van der Waals surface area (Å²) in [6.45, 7) is 0.928. The second-order valence-electron chi connectivity index (χ2n) is 7.39. The van der Waals surface area contributed by atoms with Crippen LogP contribution in [0.1, 0.15) is 39.1 Å². The fraction of sp³-hybridized carbons (Fsp3) is 0.250. The van der Waals surface area contributed by atoms with Gasteiger partial charge in [0.2, 0.25) is 0 Å². The highest BCUT2D eigenvalue weighted by Gasteiger charge is 2.21. The first-order valence-corrected chi connectivity index (χ1v) is 9.59. The molecule has 0 aromatic heterocycles. The maximum Gasteiger partial charge on any atom is 0.167 e. The van der Waals surface area contributed by atoms with E-state index in [4.69, 9.17) is 4.74 Å². The molecule has 0 saturated heterocycles. The largest absolute Gasteiger partial charge is 0.497 e. The number of methoxy groups -OCH3 is 1. The fourth-order valence-electron chi connectivity index (χ4n) is 3.35. The highest BCUT2D eigenvalue weighted by atomic mass is 16.5. The van der Waals surface area contributed by atoms with E-state index in [0.29, 0.717) is 17.5 Å². The molecule has 3 aromatic rings. The van der Waals surface area contributed by atoms with Gasteiger partial charge >= 0.3 is 0 Å². The summed E-state index contributed by atoms with van der Waals surface area (Å²) >= 11 is 0. The van der Waals surface area contributed by atoms with E-state index < -0.39 is 0 Å². The molecular weight excluding hydrogens is 350 g/mol. The van der Waals surface area contributed by atoms with Crippen LogP contribution in [0.25, 0.3) is 10.8 Å². The van der Waals surface area contributed by atoms with E-state index in [1.165, 1.54) is 12.8 Å². The molecule has 142 valence electrons. The van der Waals surface area contributed by atoms with Crippen LogP contribution in [-0.2, 0) is 6.42 Å². The van der Waals surface area contributed by atoms with Crippen LogP contribution >= 0.6 is 0 Å². The Morgan fingerprint density at radius 2 is 1.89 bits per heavy atom. The van der Waals surface area contributed by atoms with E-state index in [1.54, 1.807) is 19.2 Å². The number of carbonyl (C=O) groups excluding carboxylic acids is 2. The van der Waals surface area contributed by atoms with E-state index in [-0.39, 0.29) is 5.78 Å². The van der Waals surface area contributed by atoms with Gasteiger partial charge in [-0.1, -0.05) is 30.3 Å². The molecule has 0 aliphatic heterocycles. The molecule has 3 aromatic carbocycles. The second kappa shape index (κ2) is 7.85. The molecular formula is C24H23NO3. The van der Waals surface area contributed by atoms with Gasteiger partial charge in [0.15, 0.2) is 5.78 Å². The summed E-state index contributed by atoms with van der Waals surface area (Å²) in [6, 6.07) is 17.0. The van der Waals surface area contributed by atoms with Gasteiger partial charge in [0, 0.05) is 35.2 Å². The Labute approximate surface area is 164 Å². The summed E-state index contributed by atoms with van der Waals surface area (Å²) in [7, 11) is 1.66. The fourth-order valence-corrected chi connectivity index (χ4v) is 3.35. The van der Waals surface area contributed by atoms with Crippen LogP contribution < -0.4 is 10.1 Å². The Bertz CT molecular complexity index is 1020. The van der Waals surface area contributed by atoms with E-state index >= 15 is 0 Å². The van der Waals surface area contributed by atoms with Crippen LogP contribution in [-0.4, -0.2) is 25.7 Å². The Hall–Kier alpha value is -3.14. The predicted molar refractivity (Wildman–Crippen MR) is 112 cm³/mol. The van der Waals surface area contributed by atoms with Crippen LogP contribution in [0.3, 0.4) is 0 Å². The molecule has 4 rings (SSSR count). The van der Waals surface area contributed by atoms with Crippen molar-refractivity contribution < 1.29 is 14.3 Å². The average molecular weight is 373 g/mol. The molecule has 0 bridgehead atoms. The molecule has 0 amide bonds. The Morgan fingerprint density at radius 1 is 1.11 bits per heavy atom. The van der Waals surface area contributed by atoms with Gasteiger partial charge in [0.1, 0.15) is 12.0 Å². The number of carbonyl (C=O) groups is 2. The van der Waals surface area contributed by atoms with Crippen molar-refractivity contribution in [3.63, 3.8) is 0 Å². The molecule has 1 aliphatic carbocycles. The van der Waals surface area contributed by atoms with Crippen LogP contribution in [0.5, 0.6) is 5.75 Å². The number of ether oxygens (including phenoxy) is 1. The molecule has 0 atom stereocenters. The van der Waals surface area contributed by atoms with Crippen LogP contribution in [0.4, 0.5) is 5.69 Å². The zero-order valence-corrected chi connectivity index (χ0v) is 15.9. The van der Waals surface area contributed by atoms with Crippen molar-refractivity contribution in [3.05, 3.63) is 71.3 Å². The van der Waals surface area contributed by atoms with E-state index in [1.807, 2.05) is 42.5 Å². The lowest BCUT2D eigenvalue weighted by molar-refractivity contribution is 0.0993. The van der Waals surface area contributed by atoms with Gasteiger partial charge in [-0.3, -0.25) is 9.59 Å². The monoisotopic (exact) mass is 373 g/mol. The predicted octanol–water partition coefficient (Wildman–Crippen LogP) is 4.91. The van der Waals surface area contributed by atoms with Crippen LogP contribution in [0.15, 0.2) is 54.6 Å². The molecule has 1 N–H and O–H groups in total. The number of Topliss-reactive ketones (excluding diaryl/α,β-unsaturated/α-hetero) is 1. The third kappa shape index (κ3) is 4.06. The zero-order valence-electron chi connectivity index (χ0n) is 15.9. The smallest absolute Gasteiger partial charge is 0.167 e. The van der Waals surface area contributed by atoms with Crippen molar-refractivity contribution in [2.45, 2.75) is 19.3 Å². The van der Waals surface area contributed by atoms with Gasteiger partial charge in [0.05, 0.1) is 7.11 Å². The third-order valence-corrected chi connectivity index (χ3v) is 5.24. The lowest BCUT2D eigenvalue weighted by Crippen LogP contribution is -2.08. The number of hydrogen-bond donors (Lipinski definition) is 1. The lowest BCUT2D eigenvalue weighted by Gasteiger charge is -2.13. The summed E-state index contributed by atoms with van der Waals surface area (Å²) in [5.41, 5.74) is 3.18. The molecule has 4 nitrogen and oxygen atoms in total. The quantitative estimate of drug-likeness (QED) is 0.450. The minimum Gasteiger partial charge on any atom is -0.497 e. The topological polar surface area (TPSA) is 55.4 Å². The van der Waals surface area contributed by atoms with Crippen molar-refractivity contribution in [2.75, 3.05) is 19.0 Å². The van der Waals surface area contributed by atoms with Gasteiger partial charge in [-0.15, -0.1) is 0 Å². The minimum atomic E-state index is 0.0612. The van der Waals surface area contributed by atoms with Crippen molar-refractivity contribution >= 4 is 28.5 Å². The lowest BCUT2D eigenvalue weighted by atomic mass is 9.98. The maximum atomic E-state index is 12.9. The molecule has 0 unspecified atom stereocenters. The third-order valence-electron chi connectivity index (χ3n) is 5.24. The Balaban J connectivity index is 1.64. The molecule has 0 heterocycles. The Morgan fingerprint density at radius 3 is 2.57 bits per heavy atom. The van der Waals surface area contributed by atoms with Gasteiger partial charge in [-0.2, -0.15) is 0 Å². The highest BCUT2D eigenvalue weighted by Crippen LogP contribution is 2.33. The second-order valence-corrected chi connectivity index (χ2v) is 7.39.